The molecule has 0 fully saturated rings. The molecule has 150 valence electrons. The van der Waals surface area contributed by atoms with Crippen LogP contribution in [0.1, 0.15) is 38.0 Å². The number of nitrogens with zero attached hydrogens (tertiary/aromatic N) is 3. The van der Waals surface area contributed by atoms with Crippen molar-refractivity contribution in [2.24, 2.45) is 5.92 Å². The zero-order valence-corrected chi connectivity index (χ0v) is 18.1. The molecule has 3 rings (SSSR count). The summed E-state index contributed by atoms with van der Waals surface area (Å²) < 4.78 is 6.73. The number of thiazole rings is 1. The number of hydrogen-bond donors (Lipinski definition) is 1. The zero-order chi connectivity index (χ0) is 20.9. The van der Waals surface area contributed by atoms with Crippen LogP contribution >= 0.6 is 23.1 Å². The van der Waals surface area contributed by atoms with Gasteiger partial charge in [0.1, 0.15) is 11.7 Å². The van der Waals surface area contributed by atoms with Gasteiger partial charge >= 0.3 is 0 Å². The number of carbonyl (C=O) groups excluding carboxylic acids is 1. The van der Waals surface area contributed by atoms with Gasteiger partial charge < -0.3 is 9.73 Å². The van der Waals surface area contributed by atoms with Crippen LogP contribution in [0.3, 0.4) is 0 Å². The molecule has 1 amide bonds. The van der Waals surface area contributed by atoms with Crippen LogP contribution in [0.4, 0.5) is 5.13 Å². The Hall–Kier alpha value is -2.63. The predicted molar refractivity (Wildman–Crippen MR) is 115 cm³/mol. The minimum absolute atomic E-state index is 0.0745. The first-order valence-electron chi connectivity index (χ1n) is 9.13. The van der Waals surface area contributed by atoms with E-state index in [0.717, 1.165) is 15.5 Å². The average molecular weight is 427 g/mol. The Balaban J connectivity index is 1.54. The lowest BCUT2D eigenvalue weighted by Gasteiger charge is -2.12. The molecule has 29 heavy (non-hydrogen) atoms. The molecule has 1 aromatic carbocycles. The number of rotatable bonds is 7. The van der Waals surface area contributed by atoms with Gasteiger partial charge in [-0.3, -0.25) is 4.79 Å². The first-order valence-corrected chi connectivity index (χ1v) is 10.9. The number of hydrogen-bond acceptors (Lipinski definition) is 7. The SMILES string of the molecule is CC(C)(C)c1cnc(CSc2cnc(NC(=O)C(C#N)Cc3ccccc3)s2)o1. The Kier molecular flexibility index (Phi) is 6.72. The van der Waals surface area contributed by atoms with Crippen molar-refractivity contribution in [1.29, 1.82) is 5.26 Å². The highest BCUT2D eigenvalue weighted by Crippen LogP contribution is 2.32. The summed E-state index contributed by atoms with van der Waals surface area (Å²) in [7, 11) is 0. The smallest absolute Gasteiger partial charge is 0.243 e. The summed E-state index contributed by atoms with van der Waals surface area (Å²) >= 11 is 2.91. The molecule has 0 radical (unpaired) electrons. The second kappa shape index (κ2) is 9.25. The topological polar surface area (TPSA) is 91.8 Å². The molecule has 2 aromatic heterocycles. The molecule has 1 unspecified atom stereocenters. The lowest BCUT2D eigenvalue weighted by Crippen LogP contribution is -2.23. The lowest BCUT2D eigenvalue weighted by molar-refractivity contribution is -0.118. The summed E-state index contributed by atoms with van der Waals surface area (Å²) in [5.41, 5.74) is 0.875. The zero-order valence-electron chi connectivity index (χ0n) is 16.5. The van der Waals surface area contributed by atoms with E-state index in [1.807, 2.05) is 30.3 Å². The number of thioether (sulfide) groups is 1. The van der Waals surface area contributed by atoms with Gasteiger partial charge in [-0.1, -0.05) is 62.4 Å². The van der Waals surface area contributed by atoms with Crippen LogP contribution < -0.4 is 5.32 Å². The standard InChI is InChI=1S/C21H22N4O2S2/c1-21(2,3)16-11-23-17(27-16)13-28-18-12-24-20(29-18)25-19(26)15(10-22)9-14-7-5-4-6-8-14/h4-8,11-12,15H,9,13H2,1-3H3,(H,24,25,26). The van der Waals surface area contributed by atoms with Gasteiger partial charge in [0.05, 0.1) is 28.4 Å². The highest BCUT2D eigenvalue weighted by Gasteiger charge is 2.21. The van der Waals surface area contributed by atoms with Crippen LogP contribution in [0.5, 0.6) is 0 Å². The maximum atomic E-state index is 12.4. The summed E-state index contributed by atoms with van der Waals surface area (Å²) in [4.78, 5) is 21.0. The van der Waals surface area contributed by atoms with Gasteiger partial charge in [0, 0.05) is 5.41 Å². The van der Waals surface area contributed by atoms with Crippen molar-refractivity contribution in [3.63, 3.8) is 0 Å². The van der Waals surface area contributed by atoms with E-state index in [4.69, 9.17) is 4.42 Å². The van der Waals surface area contributed by atoms with Gasteiger partial charge in [-0.15, -0.1) is 11.8 Å². The van der Waals surface area contributed by atoms with E-state index in [-0.39, 0.29) is 11.3 Å². The molecule has 0 bridgehead atoms. The molecular formula is C21H22N4O2S2. The van der Waals surface area contributed by atoms with Gasteiger partial charge in [0.25, 0.3) is 0 Å². The van der Waals surface area contributed by atoms with Gasteiger partial charge in [0.15, 0.2) is 5.13 Å². The minimum atomic E-state index is -0.763. The quantitative estimate of drug-likeness (QED) is 0.532. The molecule has 0 spiro atoms. The van der Waals surface area contributed by atoms with Crippen LogP contribution in [0, 0.1) is 17.2 Å². The Labute approximate surface area is 178 Å². The first-order chi connectivity index (χ1) is 13.8. The predicted octanol–water partition coefficient (Wildman–Crippen LogP) is 5.04. The van der Waals surface area contributed by atoms with Crippen molar-refractivity contribution in [2.45, 2.75) is 42.6 Å². The highest BCUT2D eigenvalue weighted by molar-refractivity contribution is 8.00. The Morgan fingerprint density at radius 3 is 2.69 bits per heavy atom. The second-order valence-electron chi connectivity index (χ2n) is 7.50. The summed E-state index contributed by atoms with van der Waals surface area (Å²) in [6.07, 6.45) is 3.84. The molecule has 6 nitrogen and oxygen atoms in total. The fraction of sp³-hybridized carbons (Fsp3) is 0.333. The van der Waals surface area contributed by atoms with E-state index in [2.05, 4.69) is 42.1 Å². The minimum Gasteiger partial charge on any atom is -0.444 e. The van der Waals surface area contributed by atoms with Crippen LogP contribution in [-0.2, 0) is 22.4 Å². The van der Waals surface area contributed by atoms with Crippen LogP contribution in [0.25, 0.3) is 0 Å². The lowest BCUT2D eigenvalue weighted by atomic mass is 9.94. The number of nitrogens with one attached hydrogen (secondary N) is 1. The Morgan fingerprint density at radius 1 is 1.28 bits per heavy atom. The molecular weight excluding hydrogens is 404 g/mol. The van der Waals surface area contributed by atoms with E-state index in [9.17, 15) is 10.1 Å². The molecule has 0 aliphatic carbocycles. The van der Waals surface area contributed by atoms with Crippen molar-refractivity contribution >= 4 is 34.1 Å². The van der Waals surface area contributed by atoms with Crippen molar-refractivity contribution in [2.75, 3.05) is 5.32 Å². The van der Waals surface area contributed by atoms with Crippen LogP contribution in [0.15, 0.2) is 51.4 Å². The number of amides is 1. The molecule has 2 heterocycles. The van der Waals surface area contributed by atoms with Gasteiger partial charge in [-0.2, -0.15) is 5.26 Å². The molecule has 1 atom stereocenters. The van der Waals surface area contributed by atoms with E-state index in [0.29, 0.717) is 23.2 Å². The van der Waals surface area contributed by atoms with E-state index in [1.165, 1.54) is 11.3 Å². The monoisotopic (exact) mass is 426 g/mol. The van der Waals surface area contributed by atoms with E-state index in [1.54, 1.807) is 24.2 Å². The molecule has 0 aliphatic heterocycles. The van der Waals surface area contributed by atoms with Gasteiger partial charge in [0.2, 0.25) is 11.8 Å². The summed E-state index contributed by atoms with van der Waals surface area (Å²) in [6, 6.07) is 11.6. The number of benzene rings is 1. The number of aromatic nitrogens is 2. The van der Waals surface area contributed by atoms with Crippen molar-refractivity contribution in [3.8, 4) is 6.07 Å². The summed E-state index contributed by atoms with van der Waals surface area (Å²) in [5, 5.41) is 12.6. The van der Waals surface area contributed by atoms with Crippen molar-refractivity contribution in [3.05, 3.63) is 59.9 Å². The largest absolute Gasteiger partial charge is 0.444 e. The molecule has 8 heteroatoms. The fourth-order valence-corrected chi connectivity index (χ4v) is 4.21. The maximum absolute atomic E-state index is 12.4. The number of oxazole rings is 1. The third kappa shape index (κ3) is 5.92. The first kappa shape index (κ1) is 21.1. The molecule has 0 aliphatic rings. The van der Waals surface area contributed by atoms with Crippen LogP contribution in [0.2, 0.25) is 0 Å². The normalized spacial score (nSPS) is 12.3. The van der Waals surface area contributed by atoms with Crippen LogP contribution in [-0.4, -0.2) is 15.9 Å². The second-order valence-corrected chi connectivity index (χ2v) is 9.81. The Morgan fingerprint density at radius 2 is 2.03 bits per heavy atom. The van der Waals surface area contributed by atoms with Crippen molar-refractivity contribution in [1.82, 2.24) is 9.97 Å². The van der Waals surface area contributed by atoms with E-state index < -0.39 is 5.92 Å². The summed E-state index contributed by atoms with van der Waals surface area (Å²) in [6.45, 7) is 6.23. The molecule has 3 aromatic rings. The van der Waals surface area contributed by atoms with Crippen molar-refractivity contribution < 1.29 is 9.21 Å². The number of anilines is 1. The van der Waals surface area contributed by atoms with Gasteiger partial charge in [-0.05, 0) is 12.0 Å². The van der Waals surface area contributed by atoms with E-state index >= 15 is 0 Å². The fourth-order valence-electron chi connectivity index (χ4n) is 2.48. The third-order valence-electron chi connectivity index (χ3n) is 4.10. The average Bonchev–Trinajstić information content (AvgIpc) is 3.34. The number of carbonyl (C=O) groups is 1. The highest BCUT2D eigenvalue weighted by atomic mass is 32.2. The third-order valence-corrected chi connectivity index (χ3v) is 6.19. The molecule has 0 saturated heterocycles. The van der Waals surface area contributed by atoms with Gasteiger partial charge in [-0.25, -0.2) is 9.97 Å². The molecule has 1 N–H and O–H groups in total. The Bertz CT molecular complexity index is 1000. The number of nitriles is 1. The maximum Gasteiger partial charge on any atom is 0.243 e. The summed E-state index contributed by atoms with van der Waals surface area (Å²) in [5.74, 6) is 0.989. The molecule has 0 saturated carbocycles.